The largest absolute Gasteiger partial charge is 0.369 e. The lowest BCUT2D eigenvalue weighted by molar-refractivity contribution is 0.571. The Balaban J connectivity index is 1.78. The molecule has 0 atom stereocenters. The molecule has 0 saturated carbocycles. The lowest BCUT2D eigenvalue weighted by Gasteiger charge is -2.19. The van der Waals surface area contributed by atoms with Crippen molar-refractivity contribution in [3.05, 3.63) is 126 Å². The van der Waals surface area contributed by atoms with Crippen LogP contribution in [0.5, 0.6) is 0 Å². The van der Waals surface area contributed by atoms with E-state index in [4.69, 9.17) is 4.42 Å². The molecule has 0 aliphatic heterocycles. The van der Waals surface area contributed by atoms with Crippen molar-refractivity contribution < 1.29 is 4.42 Å². The van der Waals surface area contributed by atoms with Crippen LogP contribution in [0.25, 0.3) is 44.9 Å². The zero-order chi connectivity index (χ0) is 21.3. The van der Waals surface area contributed by atoms with E-state index in [9.17, 15) is 0 Å². The third-order valence-electron chi connectivity index (χ3n) is 6.32. The molecule has 0 fully saturated rings. The molecule has 0 radical (unpaired) electrons. The highest BCUT2D eigenvalue weighted by molar-refractivity contribution is 5.96. The molecule has 32 heavy (non-hydrogen) atoms. The van der Waals surface area contributed by atoms with Crippen LogP contribution >= 0.6 is 0 Å². The van der Waals surface area contributed by atoms with Crippen molar-refractivity contribution in [2.24, 2.45) is 0 Å². The summed E-state index contributed by atoms with van der Waals surface area (Å²) in [6.07, 6.45) is 1.99. The molecule has 0 unspecified atom stereocenters. The summed E-state index contributed by atoms with van der Waals surface area (Å²) in [4.78, 5) is 0. The molecule has 4 aromatic carbocycles. The Bertz CT molecular complexity index is 1390. The van der Waals surface area contributed by atoms with Crippen molar-refractivity contribution in [3.8, 4) is 44.9 Å². The molecule has 0 N–H and O–H groups in total. The average Bonchev–Trinajstić information content (AvgIpc) is 2.89. The predicted molar refractivity (Wildman–Crippen MR) is 132 cm³/mol. The molecular formula is C31H23O+. The first-order chi connectivity index (χ1) is 15.9. The molecule has 0 spiro atoms. The first-order valence-corrected chi connectivity index (χ1v) is 11.2. The van der Waals surface area contributed by atoms with E-state index >= 15 is 0 Å². The third-order valence-corrected chi connectivity index (χ3v) is 6.32. The minimum atomic E-state index is 0.922. The quantitative estimate of drug-likeness (QED) is 0.272. The molecule has 0 saturated heterocycles. The summed E-state index contributed by atoms with van der Waals surface area (Å²) in [7, 11) is 0. The van der Waals surface area contributed by atoms with Crippen LogP contribution in [0.4, 0.5) is 0 Å². The Morgan fingerprint density at radius 2 is 0.969 bits per heavy atom. The smallest absolute Gasteiger partial charge is 0.206 e. The van der Waals surface area contributed by atoms with Crippen molar-refractivity contribution in [2.75, 3.05) is 0 Å². The zero-order valence-corrected chi connectivity index (χ0v) is 17.8. The van der Waals surface area contributed by atoms with Crippen molar-refractivity contribution in [1.29, 1.82) is 0 Å². The fourth-order valence-electron chi connectivity index (χ4n) is 4.86. The normalized spacial score (nSPS) is 12.1. The van der Waals surface area contributed by atoms with Gasteiger partial charge in [-0.25, -0.2) is 4.42 Å². The van der Waals surface area contributed by atoms with Gasteiger partial charge in [0, 0.05) is 5.56 Å². The van der Waals surface area contributed by atoms with Crippen molar-refractivity contribution in [1.82, 2.24) is 0 Å². The van der Waals surface area contributed by atoms with Gasteiger partial charge in [-0.3, -0.25) is 0 Å². The SMILES string of the molecule is c1ccc(-c2[o+]c3c(c(-c4ccccc4)c2-c2ccccc2)CCc2ccccc2-3)cc1. The molecule has 152 valence electrons. The molecule has 0 amide bonds. The lowest BCUT2D eigenvalue weighted by Crippen LogP contribution is -2.08. The number of aryl methyl sites for hydroxylation is 1. The van der Waals surface area contributed by atoms with Crippen LogP contribution in [0.1, 0.15) is 11.1 Å². The van der Waals surface area contributed by atoms with Crippen LogP contribution in [0.15, 0.2) is 120 Å². The highest BCUT2D eigenvalue weighted by atomic mass is 16.3. The fourth-order valence-corrected chi connectivity index (χ4v) is 4.86. The second-order valence-electron chi connectivity index (χ2n) is 8.24. The zero-order valence-electron chi connectivity index (χ0n) is 17.8. The van der Waals surface area contributed by atoms with Crippen LogP contribution in [0.2, 0.25) is 0 Å². The summed E-state index contributed by atoms with van der Waals surface area (Å²) < 4.78 is 6.86. The number of hydrogen-bond acceptors (Lipinski definition) is 0. The van der Waals surface area contributed by atoms with E-state index in [2.05, 4.69) is 115 Å². The van der Waals surface area contributed by atoms with Crippen molar-refractivity contribution in [2.45, 2.75) is 12.8 Å². The Labute approximate surface area is 188 Å². The highest BCUT2D eigenvalue weighted by Gasteiger charge is 2.36. The second kappa shape index (κ2) is 7.94. The van der Waals surface area contributed by atoms with E-state index in [-0.39, 0.29) is 0 Å². The number of hydrogen-bond donors (Lipinski definition) is 0. The van der Waals surface area contributed by atoms with Crippen molar-refractivity contribution >= 4 is 0 Å². The van der Waals surface area contributed by atoms with Gasteiger partial charge in [0.05, 0.1) is 22.3 Å². The van der Waals surface area contributed by atoms with Gasteiger partial charge in [-0.2, -0.15) is 0 Å². The Hall–Kier alpha value is -3.97. The summed E-state index contributed by atoms with van der Waals surface area (Å²) >= 11 is 0. The third kappa shape index (κ3) is 3.14. The van der Waals surface area contributed by atoms with Gasteiger partial charge < -0.3 is 0 Å². The standard InChI is InChI=1S/C31H23O/c1-4-13-23(14-5-1)28-27-21-20-22-12-10-11-19-26(22)31(27)32-30(25-17-8-3-9-18-25)29(28)24-15-6-2-7-16-24/h1-19H,20-21H2/q+1. The molecule has 5 aromatic rings. The van der Waals surface area contributed by atoms with Gasteiger partial charge in [0.2, 0.25) is 0 Å². The monoisotopic (exact) mass is 411 g/mol. The van der Waals surface area contributed by atoms with E-state index in [1.54, 1.807) is 0 Å². The number of rotatable bonds is 3. The Morgan fingerprint density at radius 1 is 0.438 bits per heavy atom. The van der Waals surface area contributed by atoms with Crippen molar-refractivity contribution in [3.63, 3.8) is 0 Å². The van der Waals surface area contributed by atoms with E-state index in [0.29, 0.717) is 0 Å². The van der Waals surface area contributed by atoms with E-state index in [0.717, 1.165) is 29.9 Å². The summed E-state index contributed by atoms with van der Waals surface area (Å²) in [5.41, 5.74) is 9.82. The fraction of sp³-hybridized carbons (Fsp3) is 0.0645. The van der Waals surface area contributed by atoms with E-state index in [1.165, 1.54) is 38.9 Å². The molecular weight excluding hydrogens is 388 g/mol. The summed E-state index contributed by atoms with van der Waals surface area (Å²) in [5.74, 6) is 1.93. The van der Waals surface area contributed by atoms with Gasteiger partial charge in [-0.1, -0.05) is 97.1 Å². The first kappa shape index (κ1) is 18.8. The van der Waals surface area contributed by atoms with Gasteiger partial charge in [0.25, 0.3) is 0 Å². The first-order valence-electron chi connectivity index (χ1n) is 11.2. The molecule has 0 bridgehead atoms. The minimum Gasteiger partial charge on any atom is -0.206 e. The summed E-state index contributed by atoms with van der Waals surface area (Å²) in [6.45, 7) is 0. The molecule has 1 heterocycles. The topological polar surface area (TPSA) is 11.3 Å². The van der Waals surface area contributed by atoms with Gasteiger partial charge in [-0.05, 0) is 47.7 Å². The molecule has 1 aliphatic rings. The van der Waals surface area contributed by atoms with Gasteiger partial charge in [0.1, 0.15) is 0 Å². The van der Waals surface area contributed by atoms with Crippen LogP contribution in [-0.4, -0.2) is 0 Å². The summed E-state index contributed by atoms with van der Waals surface area (Å²) in [5, 5.41) is 0. The summed E-state index contributed by atoms with van der Waals surface area (Å²) in [6, 6.07) is 40.6. The predicted octanol–water partition coefficient (Wildman–Crippen LogP) is 8.33. The van der Waals surface area contributed by atoms with Crippen LogP contribution < -0.4 is 0 Å². The molecule has 1 heteroatoms. The minimum absolute atomic E-state index is 0.922. The molecule has 1 aliphatic carbocycles. The highest BCUT2D eigenvalue weighted by Crippen LogP contribution is 2.48. The number of benzene rings is 4. The molecule has 6 rings (SSSR count). The Morgan fingerprint density at radius 3 is 1.62 bits per heavy atom. The van der Waals surface area contributed by atoms with Gasteiger partial charge in [0.15, 0.2) is 0 Å². The lowest BCUT2D eigenvalue weighted by atomic mass is 9.81. The van der Waals surface area contributed by atoms with Crippen LogP contribution in [0.3, 0.4) is 0 Å². The maximum Gasteiger partial charge on any atom is 0.369 e. The van der Waals surface area contributed by atoms with Crippen LogP contribution in [0, 0.1) is 0 Å². The van der Waals surface area contributed by atoms with Crippen LogP contribution in [-0.2, 0) is 12.8 Å². The van der Waals surface area contributed by atoms with E-state index in [1.807, 2.05) is 0 Å². The average molecular weight is 412 g/mol. The maximum absolute atomic E-state index is 6.86. The molecule has 1 aromatic heterocycles. The van der Waals surface area contributed by atoms with Gasteiger partial charge in [-0.15, -0.1) is 0 Å². The van der Waals surface area contributed by atoms with E-state index < -0.39 is 0 Å². The Kier molecular flexibility index (Phi) is 4.66. The number of fused-ring (bicyclic) bond motifs is 3. The molecule has 1 nitrogen and oxygen atoms in total. The second-order valence-corrected chi connectivity index (χ2v) is 8.24. The van der Waals surface area contributed by atoms with Gasteiger partial charge >= 0.3 is 11.5 Å². The maximum atomic E-state index is 6.86.